The number of carbonyl (C=O) groups excluding carboxylic acids is 2. The van der Waals surface area contributed by atoms with Crippen molar-refractivity contribution in [1.29, 1.82) is 0 Å². The lowest BCUT2D eigenvalue weighted by molar-refractivity contribution is -0.148. The number of methoxy groups -OCH3 is 2. The highest BCUT2D eigenvalue weighted by Gasteiger charge is 2.36. The number of nitrogens with zero attached hydrogens (tertiary/aromatic N) is 2. The van der Waals surface area contributed by atoms with Crippen molar-refractivity contribution in [2.45, 2.75) is 17.9 Å². The molecular weight excluding hydrogens is 460 g/mol. The van der Waals surface area contributed by atoms with Gasteiger partial charge in [-0.3, -0.25) is 4.79 Å². The largest absolute Gasteiger partial charge is 0.495 e. The number of halogens is 1. The molecule has 1 atom stereocenters. The highest BCUT2D eigenvalue weighted by atomic mass is 35.5. The topological polar surface area (TPSA) is 102 Å². The number of anilines is 1. The molecule has 0 radical (unpaired) electrons. The third kappa shape index (κ3) is 4.67. The van der Waals surface area contributed by atoms with Gasteiger partial charge in [0.05, 0.1) is 42.9 Å². The minimum atomic E-state index is -4.02. The average Bonchev–Trinajstić information content (AvgIpc) is 2.80. The minimum Gasteiger partial charge on any atom is -0.495 e. The monoisotopic (exact) mass is 482 g/mol. The molecule has 0 aliphatic carbocycles. The number of likely N-dealkylation sites (N-methyl/N-ethyl adjacent to an activating group) is 1. The van der Waals surface area contributed by atoms with Crippen molar-refractivity contribution in [3.63, 3.8) is 0 Å². The average molecular weight is 483 g/mol. The highest BCUT2D eigenvalue weighted by molar-refractivity contribution is 7.89. The van der Waals surface area contributed by atoms with E-state index in [4.69, 9.17) is 25.8 Å². The Morgan fingerprint density at radius 1 is 1.22 bits per heavy atom. The summed E-state index contributed by atoms with van der Waals surface area (Å²) in [5.41, 5.74) is 0.443. The van der Waals surface area contributed by atoms with Crippen molar-refractivity contribution in [2.24, 2.45) is 0 Å². The molecule has 0 saturated heterocycles. The molecule has 2 aromatic rings. The number of benzene rings is 2. The summed E-state index contributed by atoms with van der Waals surface area (Å²) >= 11 is 6.09. The Hall–Kier alpha value is -2.82. The van der Waals surface area contributed by atoms with Gasteiger partial charge >= 0.3 is 5.97 Å². The van der Waals surface area contributed by atoms with E-state index in [1.807, 2.05) is 0 Å². The Morgan fingerprint density at radius 3 is 2.56 bits per heavy atom. The first-order valence-electron chi connectivity index (χ1n) is 9.70. The standard InChI is InChI=1S/C21H23ClN2O7S/c1-4-23(32(27,28)14-9-10-17(29-2)15(22)11-14)13-20(25)24-12-19(21(26)30-3)31-18-8-6-5-7-16(18)24/h5-11,19H,4,12-13H2,1-3H3/t19-/m0/s1. The molecule has 0 spiro atoms. The molecule has 1 aliphatic heterocycles. The van der Waals surface area contributed by atoms with Crippen molar-refractivity contribution in [2.75, 3.05) is 38.8 Å². The molecule has 9 nitrogen and oxygen atoms in total. The fraction of sp³-hybridized carbons (Fsp3) is 0.333. The van der Waals surface area contributed by atoms with E-state index in [1.165, 1.54) is 37.3 Å². The summed E-state index contributed by atoms with van der Waals surface area (Å²) in [6.07, 6.45) is -1.02. The Morgan fingerprint density at radius 2 is 1.94 bits per heavy atom. The number of para-hydroxylation sites is 2. The van der Waals surface area contributed by atoms with Gasteiger partial charge in [-0.15, -0.1) is 0 Å². The zero-order chi connectivity index (χ0) is 23.5. The SMILES string of the molecule is CCN(CC(=O)N1C[C@@H](C(=O)OC)Oc2ccccc21)S(=O)(=O)c1ccc(OC)c(Cl)c1. The molecule has 3 rings (SSSR count). The second-order valence-electron chi connectivity index (χ2n) is 6.83. The van der Waals surface area contributed by atoms with Gasteiger partial charge in [0.2, 0.25) is 22.0 Å². The van der Waals surface area contributed by atoms with E-state index in [0.29, 0.717) is 17.2 Å². The molecule has 0 aromatic heterocycles. The van der Waals surface area contributed by atoms with E-state index >= 15 is 0 Å². The van der Waals surface area contributed by atoms with E-state index < -0.39 is 34.5 Å². The second kappa shape index (κ2) is 9.76. The number of fused-ring (bicyclic) bond motifs is 1. The minimum absolute atomic E-state index is 0.0458. The Balaban J connectivity index is 1.88. The smallest absolute Gasteiger partial charge is 0.348 e. The predicted octanol–water partition coefficient (Wildman–Crippen LogP) is 2.33. The van der Waals surface area contributed by atoms with Crippen LogP contribution in [0.1, 0.15) is 6.92 Å². The lowest BCUT2D eigenvalue weighted by atomic mass is 10.2. The van der Waals surface area contributed by atoms with Crippen molar-refractivity contribution in [1.82, 2.24) is 4.31 Å². The highest BCUT2D eigenvalue weighted by Crippen LogP contribution is 2.34. The van der Waals surface area contributed by atoms with Crippen LogP contribution in [0, 0.1) is 0 Å². The van der Waals surface area contributed by atoms with Gasteiger partial charge in [-0.1, -0.05) is 30.7 Å². The lowest BCUT2D eigenvalue weighted by Crippen LogP contribution is -2.50. The van der Waals surface area contributed by atoms with Gasteiger partial charge in [0.15, 0.2) is 0 Å². The summed E-state index contributed by atoms with van der Waals surface area (Å²) in [5.74, 6) is -0.483. The fourth-order valence-corrected chi connectivity index (χ4v) is 5.03. The summed E-state index contributed by atoms with van der Waals surface area (Å²) in [6.45, 7) is 1.13. The number of hydrogen-bond acceptors (Lipinski definition) is 7. The Labute approximate surface area is 191 Å². The molecule has 1 heterocycles. The summed E-state index contributed by atoms with van der Waals surface area (Å²) in [4.78, 5) is 26.5. The van der Waals surface area contributed by atoms with E-state index in [2.05, 4.69) is 0 Å². The molecule has 0 fully saturated rings. The van der Waals surface area contributed by atoms with Gasteiger partial charge in [0.25, 0.3) is 0 Å². The number of esters is 1. The lowest BCUT2D eigenvalue weighted by Gasteiger charge is -2.34. The van der Waals surface area contributed by atoms with Crippen molar-refractivity contribution in [3.8, 4) is 11.5 Å². The van der Waals surface area contributed by atoms with Gasteiger partial charge in [-0.05, 0) is 30.3 Å². The molecule has 2 aromatic carbocycles. The van der Waals surface area contributed by atoms with Crippen LogP contribution in [0.5, 0.6) is 11.5 Å². The van der Waals surface area contributed by atoms with Crippen LogP contribution in [0.15, 0.2) is 47.4 Å². The van der Waals surface area contributed by atoms with Crippen molar-refractivity contribution in [3.05, 3.63) is 47.5 Å². The molecule has 0 N–H and O–H groups in total. The van der Waals surface area contributed by atoms with Crippen molar-refractivity contribution >= 4 is 39.2 Å². The van der Waals surface area contributed by atoms with Crippen LogP contribution in [0.2, 0.25) is 5.02 Å². The first kappa shape index (κ1) is 23.8. The van der Waals surface area contributed by atoms with Gasteiger partial charge in [0, 0.05) is 6.54 Å². The number of carbonyl (C=O) groups is 2. The summed E-state index contributed by atoms with van der Waals surface area (Å²) < 4.78 is 42.8. The molecule has 32 heavy (non-hydrogen) atoms. The number of ether oxygens (including phenoxy) is 3. The number of rotatable bonds is 7. The maximum Gasteiger partial charge on any atom is 0.348 e. The van der Waals surface area contributed by atoms with E-state index in [1.54, 1.807) is 31.2 Å². The number of amides is 1. The van der Waals surface area contributed by atoms with E-state index in [9.17, 15) is 18.0 Å². The fourth-order valence-electron chi connectivity index (χ4n) is 3.28. The van der Waals surface area contributed by atoms with Crippen LogP contribution in [0.3, 0.4) is 0 Å². The Bertz CT molecular complexity index is 1120. The van der Waals surface area contributed by atoms with Crippen LogP contribution in [0.25, 0.3) is 0 Å². The molecule has 0 bridgehead atoms. The number of sulfonamides is 1. The molecule has 11 heteroatoms. The first-order chi connectivity index (χ1) is 15.2. The molecular formula is C21H23ClN2O7S. The van der Waals surface area contributed by atoms with E-state index in [0.717, 1.165) is 4.31 Å². The third-order valence-electron chi connectivity index (χ3n) is 4.96. The van der Waals surface area contributed by atoms with Crippen LogP contribution in [-0.2, 0) is 24.3 Å². The van der Waals surface area contributed by atoms with Crippen LogP contribution in [-0.4, -0.2) is 64.6 Å². The maximum atomic E-state index is 13.2. The molecule has 0 unspecified atom stereocenters. The van der Waals surface area contributed by atoms with Crippen LogP contribution in [0.4, 0.5) is 5.69 Å². The molecule has 0 saturated carbocycles. The maximum absolute atomic E-state index is 13.2. The van der Waals surface area contributed by atoms with Gasteiger partial charge in [-0.25, -0.2) is 13.2 Å². The van der Waals surface area contributed by atoms with E-state index in [-0.39, 0.29) is 23.0 Å². The predicted molar refractivity (Wildman–Crippen MR) is 118 cm³/mol. The summed E-state index contributed by atoms with van der Waals surface area (Å²) in [7, 11) is -1.37. The first-order valence-corrected chi connectivity index (χ1v) is 11.5. The zero-order valence-corrected chi connectivity index (χ0v) is 19.4. The Kier molecular flexibility index (Phi) is 7.27. The quantitative estimate of drug-likeness (QED) is 0.558. The second-order valence-corrected chi connectivity index (χ2v) is 9.17. The van der Waals surface area contributed by atoms with Gasteiger partial charge in [0.1, 0.15) is 11.5 Å². The molecule has 1 aliphatic rings. The number of hydrogen-bond donors (Lipinski definition) is 0. The third-order valence-corrected chi connectivity index (χ3v) is 7.18. The molecule has 172 valence electrons. The van der Waals surface area contributed by atoms with Gasteiger partial charge < -0.3 is 19.1 Å². The van der Waals surface area contributed by atoms with Gasteiger partial charge in [-0.2, -0.15) is 4.31 Å². The van der Waals surface area contributed by atoms with Crippen LogP contribution >= 0.6 is 11.6 Å². The summed E-state index contributed by atoms with van der Waals surface area (Å²) in [6, 6.07) is 10.8. The van der Waals surface area contributed by atoms with Crippen molar-refractivity contribution < 1.29 is 32.2 Å². The summed E-state index contributed by atoms with van der Waals surface area (Å²) in [5, 5.41) is 0.138. The molecule has 1 amide bonds. The van der Waals surface area contributed by atoms with Crippen LogP contribution < -0.4 is 14.4 Å². The zero-order valence-electron chi connectivity index (χ0n) is 17.8. The normalized spacial score (nSPS) is 15.7.